The SMILES string of the molecule is CC(=O)Nc1ccc(NC(=S)N2CCNCC2)cc1. The molecule has 0 aromatic heterocycles. The molecule has 1 fully saturated rings. The third-order valence-electron chi connectivity index (χ3n) is 2.86. The van der Waals surface area contributed by atoms with Gasteiger partial charge in [-0.05, 0) is 36.5 Å². The highest BCUT2D eigenvalue weighted by Crippen LogP contribution is 2.14. The van der Waals surface area contributed by atoms with Crippen molar-refractivity contribution in [3.63, 3.8) is 0 Å². The summed E-state index contributed by atoms with van der Waals surface area (Å²) >= 11 is 5.38. The summed E-state index contributed by atoms with van der Waals surface area (Å²) in [4.78, 5) is 13.1. The van der Waals surface area contributed by atoms with E-state index in [1.54, 1.807) is 0 Å². The highest BCUT2D eigenvalue weighted by atomic mass is 32.1. The highest BCUT2D eigenvalue weighted by molar-refractivity contribution is 7.80. The van der Waals surface area contributed by atoms with E-state index in [4.69, 9.17) is 12.2 Å². The van der Waals surface area contributed by atoms with Gasteiger partial charge in [0.25, 0.3) is 0 Å². The molecule has 1 aliphatic heterocycles. The first kappa shape index (κ1) is 13.8. The summed E-state index contributed by atoms with van der Waals surface area (Å²) < 4.78 is 0. The number of carbonyl (C=O) groups is 1. The van der Waals surface area contributed by atoms with Crippen LogP contribution in [0.2, 0.25) is 0 Å². The Morgan fingerprint density at radius 1 is 1.16 bits per heavy atom. The number of hydrogen-bond donors (Lipinski definition) is 3. The summed E-state index contributed by atoms with van der Waals surface area (Å²) in [6.07, 6.45) is 0. The highest BCUT2D eigenvalue weighted by Gasteiger charge is 2.12. The van der Waals surface area contributed by atoms with Gasteiger partial charge in [0, 0.05) is 44.5 Å². The molecule has 1 saturated heterocycles. The predicted molar refractivity (Wildman–Crippen MR) is 81.4 cm³/mol. The fourth-order valence-electron chi connectivity index (χ4n) is 1.91. The smallest absolute Gasteiger partial charge is 0.221 e. The van der Waals surface area contributed by atoms with Gasteiger partial charge in [0.1, 0.15) is 0 Å². The van der Waals surface area contributed by atoms with E-state index in [2.05, 4.69) is 20.9 Å². The van der Waals surface area contributed by atoms with Gasteiger partial charge in [0.15, 0.2) is 5.11 Å². The van der Waals surface area contributed by atoms with Crippen molar-refractivity contribution in [2.24, 2.45) is 0 Å². The van der Waals surface area contributed by atoms with Crippen molar-refractivity contribution in [1.82, 2.24) is 10.2 Å². The van der Waals surface area contributed by atoms with Crippen LogP contribution in [0.4, 0.5) is 11.4 Å². The third-order valence-corrected chi connectivity index (χ3v) is 3.22. The molecule has 0 saturated carbocycles. The number of amides is 1. The number of piperazine rings is 1. The van der Waals surface area contributed by atoms with E-state index in [1.165, 1.54) is 6.92 Å². The normalized spacial score (nSPS) is 14.9. The minimum absolute atomic E-state index is 0.0722. The standard InChI is InChI=1S/C13H18N4OS/c1-10(18)15-11-2-4-12(5-3-11)16-13(19)17-8-6-14-7-9-17/h2-5,14H,6-9H2,1H3,(H,15,18)(H,16,19). The molecule has 0 spiro atoms. The Morgan fingerprint density at radius 2 is 1.68 bits per heavy atom. The molecule has 1 heterocycles. The van der Waals surface area contributed by atoms with Gasteiger partial charge in [-0.3, -0.25) is 4.79 Å². The molecule has 0 unspecified atom stereocenters. The number of carbonyl (C=O) groups excluding carboxylic acids is 1. The van der Waals surface area contributed by atoms with Gasteiger partial charge < -0.3 is 20.9 Å². The van der Waals surface area contributed by atoms with Crippen LogP contribution < -0.4 is 16.0 Å². The third kappa shape index (κ3) is 4.18. The van der Waals surface area contributed by atoms with Gasteiger partial charge in [-0.2, -0.15) is 0 Å². The molecule has 1 aromatic rings. The lowest BCUT2D eigenvalue weighted by atomic mass is 10.3. The first-order chi connectivity index (χ1) is 9.15. The Hall–Kier alpha value is -1.66. The zero-order valence-corrected chi connectivity index (χ0v) is 11.7. The first-order valence-corrected chi connectivity index (χ1v) is 6.70. The molecule has 0 radical (unpaired) electrons. The Balaban J connectivity index is 1.91. The minimum atomic E-state index is -0.0722. The number of nitrogens with zero attached hydrogens (tertiary/aromatic N) is 1. The molecule has 2 rings (SSSR count). The Labute approximate surface area is 118 Å². The van der Waals surface area contributed by atoms with E-state index in [1.807, 2.05) is 24.3 Å². The number of nitrogens with one attached hydrogen (secondary N) is 3. The molecular weight excluding hydrogens is 260 g/mol. The molecular formula is C13H18N4OS. The van der Waals surface area contributed by atoms with Gasteiger partial charge in [-0.1, -0.05) is 0 Å². The Morgan fingerprint density at radius 3 is 2.21 bits per heavy atom. The summed E-state index contributed by atoms with van der Waals surface area (Å²) in [6, 6.07) is 7.51. The van der Waals surface area contributed by atoms with Crippen molar-refractivity contribution in [2.75, 3.05) is 36.8 Å². The number of benzene rings is 1. The summed E-state index contributed by atoms with van der Waals surface area (Å²) in [5, 5.41) is 9.97. The lowest BCUT2D eigenvalue weighted by Gasteiger charge is -2.29. The van der Waals surface area contributed by atoms with E-state index < -0.39 is 0 Å². The van der Waals surface area contributed by atoms with Crippen LogP contribution in [0.15, 0.2) is 24.3 Å². The van der Waals surface area contributed by atoms with Gasteiger partial charge in [-0.25, -0.2) is 0 Å². The van der Waals surface area contributed by atoms with Gasteiger partial charge >= 0.3 is 0 Å². The molecule has 5 nitrogen and oxygen atoms in total. The van der Waals surface area contributed by atoms with E-state index in [9.17, 15) is 4.79 Å². The lowest BCUT2D eigenvalue weighted by molar-refractivity contribution is -0.114. The zero-order chi connectivity index (χ0) is 13.7. The quantitative estimate of drug-likeness (QED) is 0.711. The maximum absolute atomic E-state index is 10.9. The maximum atomic E-state index is 10.9. The fraction of sp³-hybridized carbons (Fsp3) is 0.385. The second kappa shape index (κ2) is 6.49. The van der Waals surface area contributed by atoms with Crippen LogP contribution in [0.3, 0.4) is 0 Å². The Bertz CT molecular complexity index is 454. The molecule has 0 bridgehead atoms. The van der Waals surface area contributed by atoms with Crippen LogP contribution in [-0.4, -0.2) is 42.1 Å². The van der Waals surface area contributed by atoms with Crippen molar-refractivity contribution < 1.29 is 4.79 Å². The summed E-state index contributed by atoms with van der Waals surface area (Å²) in [5.74, 6) is -0.0722. The second-order valence-electron chi connectivity index (χ2n) is 4.43. The first-order valence-electron chi connectivity index (χ1n) is 6.29. The number of thiocarbonyl (C=S) groups is 1. The number of anilines is 2. The van der Waals surface area contributed by atoms with E-state index >= 15 is 0 Å². The zero-order valence-electron chi connectivity index (χ0n) is 10.9. The van der Waals surface area contributed by atoms with Crippen LogP contribution in [0.25, 0.3) is 0 Å². The number of hydrogen-bond acceptors (Lipinski definition) is 3. The molecule has 1 aliphatic rings. The van der Waals surface area contributed by atoms with Crippen LogP contribution in [0.1, 0.15) is 6.92 Å². The molecule has 1 amide bonds. The summed E-state index contributed by atoms with van der Waals surface area (Å²) in [5.41, 5.74) is 1.71. The topological polar surface area (TPSA) is 56.4 Å². The molecule has 19 heavy (non-hydrogen) atoms. The van der Waals surface area contributed by atoms with Gasteiger partial charge in [0.2, 0.25) is 5.91 Å². The average Bonchev–Trinajstić information content (AvgIpc) is 2.41. The molecule has 6 heteroatoms. The molecule has 0 aliphatic carbocycles. The summed E-state index contributed by atoms with van der Waals surface area (Å²) in [7, 11) is 0. The monoisotopic (exact) mass is 278 g/mol. The fourth-order valence-corrected chi connectivity index (χ4v) is 2.21. The van der Waals surface area contributed by atoms with Gasteiger partial charge in [-0.15, -0.1) is 0 Å². The molecule has 1 aromatic carbocycles. The maximum Gasteiger partial charge on any atom is 0.221 e. The lowest BCUT2D eigenvalue weighted by Crippen LogP contribution is -2.47. The van der Waals surface area contributed by atoms with E-state index in [-0.39, 0.29) is 5.91 Å². The van der Waals surface area contributed by atoms with E-state index in [0.29, 0.717) is 0 Å². The van der Waals surface area contributed by atoms with Crippen LogP contribution in [-0.2, 0) is 4.79 Å². The molecule has 3 N–H and O–H groups in total. The van der Waals surface area contributed by atoms with Crippen molar-refractivity contribution in [3.8, 4) is 0 Å². The van der Waals surface area contributed by atoms with Crippen LogP contribution in [0.5, 0.6) is 0 Å². The van der Waals surface area contributed by atoms with E-state index in [0.717, 1.165) is 42.7 Å². The minimum Gasteiger partial charge on any atom is -0.346 e. The Kier molecular flexibility index (Phi) is 4.70. The molecule has 0 atom stereocenters. The van der Waals surface area contributed by atoms with Gasteiger partial charge in [0.05, 0.1) is 0 Å². The van der Waals surface area contributed by atoms with Crippen molar-refractivity contribution in [1.29, 1.82) is 0 Å². The largest absolute Gasteiger partial charge is 0.346 e. The number of rotatable bonds is 2. The second-order valence-corrected chi connectivity index (χ2v) is 4.81. The average molecular weight is 278 g/mol. The van der Waals surface area contributed by atoms with Crippen LogP contribution >= 0.6 is 12.2 Å². The van der Waals surface area contributed by atoms with Crippen LogP contribution in [0, 0.1) is 0 Å². The van der Waals surface area contributed by atoms with Crippen molar-refractivity contribution in [3.05, 3.63) is 24.3 Å². The van der Waals surface area contributed by atoms with Crippen molar-refractivity contribution >= 4 is 34.6 Å². The summed E-state index contributed by atoms with van der Waals surface area (Å²) in [6.45, 7) is 5.27. The predicted octanol–water partition coefficient (Wildman–Crippen LogP) is 1.25. The molecule has 102 valence electrons. The van der Waals surface area contributed by atoms with Crippen molar-refractivity contribution in [2.45, 2.75) is 6.92 Å².